The number of methoxy groups -OCH3 is 2. The van der Waals surface area contributed by atoms with Crippen LogP contribution in [0, 0.1) is 0 Å². The summed E-state index contributed by atoms with van der Waals surface area (Å²) in [4.78, 5) is 13.1. The van der Waals surface area contributed by atoms with E-state index in [4.69, 9.17) is 23.7 Å². The van der Waals surface area contributed by atoms with E-state index in [2.05, 4.69) is 6.92 Å². The number of ether oxygens (including phenoxy) is 5. The molecule has 6 nitrogen and oxygen atoms in total. The second-order valence-electron chi connectivity index (χ2n) is 9.36. The zero-order chi connectivity index (χ0) is 26.3. The first-order valence-electron chi connectivity index (χ1n) is 13.4. The van der Waals surface area contributed by atoms with Crippen LogP contribution in [0.2, 0.25) is 0 Å². The van der Waals surface area contributed by atoms with Crippen molar-refractivity contribution in [1.29, 1.82) is 0 Å². The molecule has 7 heteroatoms. The zero-order valence-corrected chi connectivity index (χ0v) is 23.3. The number of unbranched alkanes of at least 4 members (excludes halogenated alkanes) is 5. The number of rotatable bonds is 17. The van der Waals surface area contributed by atoms with Crippen LogP contribution in [0.15, 0.2) is 48.5 Å². The largest absolute Gasteiger partial charge is 0.497 e. The number of thioether (sulfide) groups is 1. The molecule has 1 aliphatic heterocycles. The monoisotopic (exact) mass is 530 g/mol. The van der Waals surface area contributed by atoms with Crippen LogP contribution in [-0.4, -0.2) is 50.0 Å². The molecule has 204 valence electrons. The van der Waals surface area contributed by atoms with E-state index >= 15 is 0 Å². The van der Waals surface area contributed by atoms with Crippen molar-refractivity contribution in [3.63, 3.8) is 0 Å². The third-order valence-corrected chi connectivity index (χ3v) is 7.62. The lowest BCUT2D eigenvalue weighted by molar-refractivity contribution is -0.168. The van der Waals surface area contributed by atoms with Crippen molar-refractivity contribution < 1.29 is 28.5 Å². The number of hydrogen-bond donors (Lipinski definition) is 0. The van der Waals surface area contributed by atoms with Gasteiger partial charge in [0.15, 0.2) is 5.78 Å². The summed E-state index contributed by atoms with van der Waals surface area (Å²) in [5, 5.41) is 0. The number of carbonyl (C=O) groups excluding carboxylic acids is 1. The molecule has 0 radical (unpaired) electrons. The average molecular weight is 531 g/mol. The van der Waals surface area contributed by atoms with Crippen molar-refractivity contribution in [2.24, 2.45) is 0 Å². The van der Waals surface area contributed by atoms with Gasteiger partial charge in [-0.2, -0.15) is 0 Å². The fourth-order valence-electron chi connectivity index (χ4n) is 4.25. The Balaban J connectivity index is 1.53. The lowest BCUT2D eigenvalue weighted by Crippen LogP contribution is -2.48. The van der Waals surface area contributed by atoms with E-state index in [1.54, 1.807) is 26.0 Å². The molecule has 0 bridgehead atoms. The standard InChI is InChI=1S/C30H42O6S/c1-4-5-6-7-8-9-18-37-29-19-27(31)30(35-21-24-12-16-26(33-3)17-13-24)28(36-29)22-34-20-23-10-14-25(32-2)15-11-23/h10-17,28-30H,4-9,18-22H2,1-3H3/t28-,29-,30+/m1/s1. The first-order chi connectivity index (χ1) is 18.1. The van der Waals surface area contributed by atoms with Crippen LogP contribution >= 0.6 is 11.8 Å². The average Bonchev–Trinajstić information content (AvgIpc) is 2.92. The molecule has 0 N–H and O–H groups in total. The van der Waals surface area contributed by atoms with Crippen molar-refractivity contribution in [2.75, 3.05) is 26.6 Å². The molecule has 3 atom stereocenters. The van der Waals surface area contributed by atoms with E-state index in [0.717, 1.165) is 34.8 Å². The van der Waals surface area contributed by atoms with E-state index in [0.29, 0.717) is 26.2 Å². The molecule has 1 heterocycles. The molecule has 1 aliphatic rings. The number of Topliss-reactive ketones (excluding diaryl/α,β-unsaturated/α-hetero) is 1. The van der Waals surface area contributed by atoms with E-state index in [-0.39, 0.29) is 11.2 Å². The summed E-state index contributed by atoms with van der Waals surface area (Å²) in [6.07, 6.45) is 6.81. The highest BCUT2D eigenvalue weighted by atomic mass is 32.2. The Bertz CT molecular complexity index is 901. The molecular weight excluding hydrogens is 488 g/mol. The van der Waals surface area contributed by atoms with Gasteiger partial charge in [0.2, 0.25) is 0 Å². The maximum atomic E-state index is 13.1. The van der Waals surface area contributed by atoms with Gasteiger partial charge in [0.05, 0.1) is 34.0 Å². The molecular formula is C30H42O6S. The van der Waals surface area contributed by atoms with Gasteiger partial charge in [0, 0.05) is 6.42 Å². The Labute approximate surface area is 226 Å². The third-order valence-electron chi connectivity index (χ3n) is 6.45. The molecule has 0 aromatic heterocycles. The van der Waals surface area contributed by atoms with E-state index < -0.39 is 12.2 Å². The summed E-state index contributed by atoms with van der Waals surface area (Å²) >= 11 is 1.74. The normalized spacial score (nSPS) is 19.6. The van der Waals surface area contributed by atoms with Gasteiger partial charge >= 0.3 is 0 Å². The molecule has 37 heavy (non-hydrogen) atoms. The molecule has 0 saturated carbocycles. The van der Waals surface area contributed by atoms with Gasteiger partial charge in [-0.25, -0.2) is 0 Å². The summed E-state index contributed by atoms with van der Waals surface area (Å²) in [5.74, 6) is 2.68. The molecule has 3 rings (SSSR count). The van der Waals surface area contributed by atoms with Crippen molar-refractivity contribution in [2.45, 2.75) is 82.7 Å². The fraction of sp³-hybridized carbons (Fsp3) is 0.567. The second kappa shape index (κ2) is 16.7. The van der Waals surface area contributed by atoms with Crippen molar-refractivity contribution in [1.82, 2.24) is 0 Å². The SMILES string of the molecule is CCCCCCCCS[C@@H]1CC(=O)[C@H](OCc2ccc(OC)cc2)[C@@H](COCc2ccc(OC)cc2)O1. The highest BCUT2D eigenvalue weighted by molar-refractivity contribution is 7.99. The Hall–Kier alpha value is -2.06. The van der Waals surface area contributed by atoms with Gasteiger partial charge in [-0.05, 0) is 47.6 Å². The number of hydrogen-bond acceptors (Lipinski definition) is 7. The van der Waals surface area contributed by atoms with Gasteiger partial charge in [0.1, 0.15) is 29.1 Å². The first kappa shape index (κ1) is 29.5. The third kappa shape index (κ3) is 10.3. The minimum atomic E-state index is -0.649. The van der Waals surface area contributed by atoms with E-state index in [1.165, 1.54) is 32.1 Å². The minimum absolute atomic E-state index is 0.0817. The van der Waals surface area contributed by atoms with Crippen LogP contribution in [0.1, 0.15) is 63.0 Å². The van der Waals surface area contributed by atoms with Crippen LogP contribution in [0.3, 0.4) is 0 Å². The molecule has 2 aromatic carbocycles. The van der Waals surface area contributed by atoms with Crippen molar-refractivity contribution in [3.05, 3.63) is 59.7 Å². The van der Waals surface area contributed by atoms with Crippen LogP contribution in [-0.2, 0) is 32.2 Å². The predicted molar refractivity (Wildman–Crippen MR) is 148 cm³/mol. The highest BCUT2D eigenvalue weighted by Crippen LogP contribution is 2.29. The predicted octanol–water partition coefficient (Wildman–Crippen LogP) is 6.58. The first-order valence-corrected chi connectivity index (χ1v) is 14.4. The summed E-state index contributed by atoms with van der Waals surface area (Å²) in [5.41, 5.74) is 1.86. The number of carbonyl (C=O) groups is 1. The van der Waals surface area contributed by atoms with Gasteiger partial charge in [-0.15, -0.1) is 11.8 Å². The number of ketones is 1. The summed E-state index contributed by atoms with van der Waals surface area (Å²) in [7, 11) is 3.29. The Kier molecular flexibility index (Phi) is 13.3. The zero-order valence-electron chi connectivity index (χ0n) is 22.5. The maximum Gasteiger partial charge on any atom is 0.167 e. The van der Waals surface area contributed by atoms with Gasteiger partial charge in [0.25, 0.3) is 0 Å². The van der Waals surface area contributed by atoms with Gasteiger partial charge in [-0.3, -0.25) is 4.79 Å². The Morgan fingerprint density at radius 3 is 2.05 bits per heavy atom. The Morgan fingerprint density at radius 2 is 1.43 bits per heavy atom. The minimum Gasteiger partial charge on any atom is -0.497 e. The van der Waals surface area contributed by atoms with Crippen LogP contribution in [0.25, 0.3) is 0 Å². The quantitative estimate of drug-likeness (QED) is 0.214. The fourth-order valence-corrected chi connectivity index (χ4v) is 5.38. The Morgan fingerprint density at radius 1 is 0.838 bits per heavy atom. The summed E-state index contributed by atoms with van der Waals surface area (Å²) in [6, 6.07) is 15.4. The highest BCUT2D eigenvalue weighted by Gasteiger charge is 2.38. The maximum absolute atomic E-state index is 13.1. The van der Waals surface area contributed by atoms with Crippen LogP contribution in [0.5, 0.6) is 11.5 Å². The molecule has 1 fully saturated rings. The molecule has 0 unspecified atom stereocenters. The second-order valence-corrected chi connectivity index (χ2v) is 10.6. The molecule has 1 saturated heterocycles. The van der Waals surface area contributed by atoms with Crippen LogP contribution in [0.4, 0.5) is 0 Å². The molecule has 0 aliphatic carbocycles. The lowest BCUT2D eigenvalue weighted by atomic mass is 10.0. The van der Waals surface area contributed by atoms with E-state index in [9.17, 15) is 4.79 Å². The lowest BCUT2D eigenvalue weighted by Gasteiger charge is -2.35. The number of benzene rings is 2. The summed E-state index contributed by atoms with van der Waals surface area (Å²) < 4.78 is 28.9. The topological polar surface area (TPSA) is 63.2 Å². The van der Waals surface area contributed by atoms with Crippen molar-refractivity contribution in [3.8, 4) is 11.5 Å². The van der Waals surface area contributed by atoms with Gasteiger partial charge < -0.3 is 23.7 Å². The molecule has 0 amide bonds. The molecule has 2 aromatic rings. The molecule has 0 spiro atoms. The van der Waals surface area contributed by atoms with Gasteiger partial charge in [-0.1, -0.05) is 63.3 Å². The van der Waals surface area contributed by atoms with Crippen LogP contribution < -0.4 is 9.47 Å². The van der Waals surface area contributed by atoms with Crippen molar-refractivity contribution >= 4 is 17.5 Å². The smallest absolute Gasteiger partial charge is 0.167 e. The summed E-state index contributed by atoms with van der Waals surface area (Å²) in [6.45, 7) is 3.28. The van der Waals surface area contributed by atoms with E-state index in [1.807, 2.05) is 48.5 Å².